The fourth-order valence-corrected chi connectivity index (χ4v) is 3.14. The minimum Gasteiger partial charge on any atom is -0.372 e. The molecule has 9 nitrogen and oxygen atoms in total. The zero-order valence-corrected chi connectivity index (χ0v) is 16.8. The van der Waals surface area contributed by atoms with E-state index < -0.39 is 11.2 Å². The van der Waals surface area contributed by atoms with Crippen LogP contribution < -0.4 is 21.6 Å². The molecule has 0 saturated carbocycles. The van der Waals surface area contributed by atoms with Gasteiger partial charge in [-0.15, -0.1) is 0 Å². The van der Waals surface area contributed by atoms with Gasteiger partial charge >= 0.3 is 5.69 Å². The van der Waals surface area contributed by atoms with Crippen LogP contribution in [0.5, 0.6) is 0 Å². The summed E-state index contributed by atoms with van der Waals surface area (Å²) < 4.78 is 4.00. The normalized spacial score (nSPS) is 11.5. The quantitative estimate of drug-likeness (QED) is 0.511. The number of benzene rings is 1. The molecular formula is C19H25N7O2. The molecule has 2 aromatic heterocycles. The Kier molecular flexibility index (Phi) is 5.34. The van der Waals surface area contributed by atoms with Crippen LogP contribution in [0.1, 0.15) is 19.4 Å². The van der Waals surface area contributed by atoms with Crippen molar-refractivity contribution in [1.82, 2.24) is 18.7 Å². The molecule has 1 N–H and O–H groups in total. The van der Waals surface area contributed by atoms with Crippen LogP contribution in [0.4, 0.5) is 11.6 Å². The third kappa shape index (κ3) is 3.30. The van der Waals surface area contributed by atoms with Crippen LogP contribution in [-0.4, -0.2) is 38.0 Å². The highest BCUT2D eigenvalue weighted by Gasteiger charge is 2.16. The lowest BCUT2D eigenvalue weighted by atomic mass is 10.2. The molecule has 0 radical (unpaired) electrons. The Morgan fingerprint density at radius 1 is 1.04 bits per heavy atom. The molecule has 2 heterocycles. The van der Waals surface area contributed by atoms with Gasteiger partial charge in [-0.2, -0.15) is 10.1 Å². The summed E-state index contributed by atoms with van der Waals surface area (Å²) in [5, 5.41) is 4.22. The molecule has 148 valence electrons. The van der Waals surface area contributed by atoms with Crippen molar-refractivity contribution in [2.45, 2.75) is 13.8 Å². The van der Waals surface area contributed by atoms with Crippen molar-refractivity contribution in [2.24, 2.45) is 26.2 Å². The number of aryl methyl sites for hydroxylation is 2. The van der Waals surface area contributed by atoms with Gasteiger partial charge in [0, 0.05) is 39.9 Å². The Bertz CT molecular complexity index is 1130. The Hall–Kier alpha value is -3.36. The van der Waals surface area contributed by atoms with E-state index in [2.05, 4.69) is 46.4 Å². The van der Waals surface area contributed by atoms with E-state index in [-0.39, 0.29) is 0 Å². The topological polar surface area (TPSA) is 89.5 Å². The molecule has 0 spiro atoms. The minimum atomic E-state index is -0.418. The molecular weight excluding hydrogens is 358 g/mol. The third-order valence-corrected chi connectivity index (χ3v) is 4.88. The Morgan fingerprint density at radius 2 is 1.68 bits per heavy atom. The maximum atomic E-state index is 12.4. The zero-order chi connectivity index (χ0) is 20.4. The molecule has 0 aliphatic carbocycles. The van der Waals surface area contributed by atoms with Crippen LogP contribution in [0.15, 0.2) is 39.0 Å². The van der Waals surface area contributed by atoms with Gasteiger partial charge in [0.2, 0.25) is 5.95 Å². The van der Waals surface area contributed by atoms with Crippen LogP contribution in [0.25, 0.3) is 11.2 Å². The SMILES string of the molecule is CCN(CC)c1ccc(/C=N/Nc2nc3c(c(=O)n(C)c(=O)n3C)n2C)cc1. The molecule has 0 unspecified atom stereocenters. The van der Waals surface area contributed by atoms with Crippen LogP contribution >= 0.6 is 0 Å². The van der Waals surface area contributed by atoms with E-state index in [1.54, 1.807) is 24.9 Å². The molecule has 0 saturated heterocycles. The average Bonchev–Trinajstić information content (AvgIpc) is 3.03. The number of hydrogen-bond donors (Lipinski definition) is 1. The maximum Gasteiger partial charge on any atom is 0.332 e. The lowest BCUT2D eigenvalue weighted by Crippen LogP contribution is -2.37. The third-order valence-electron chi connectivity index (χ3n) is 4.88. The smallest absolute Gasteiger partial charge is 0.332 e. The monoisotopic (exact) mass is 383 g/mol. The van der Waals surface area contributed by atoms with Crippen LogP contribution in [-0.2, 0) is 21.1 Å². The van der Waals surface area contributed by atoms with E-state index >= 15 is 0 Å². The molecule has 0 atom stereocenters. The fourth-order valence-electron chi connectivity index (χ4n) is 3.14. The zero-order valence-electron chi connectivity index (χ0n) is 16.8. The van der Waals surface area contributed by atoms with Crippen molar-refractivity contribution in [3.63, 3.8) is 0 Å². The fraction of sp³-hybridized carbons (Fsp3) is 0.368. The molecule has 9 heteroatoms. The van der Waals surface area contributed by atoms with Crippen molar-refractivity contribution in [1.29, 1.82) is 0 Å². The Morgan fingerprint density at radius 3 is 2.29 bits per heavy atom. The first-order valence-corrected chi connectivity index (χ1v) is 9.15. The van der Waals surface area contributed by atoms with Crippen LogP contribution in [0.3, 0.4) is 0 Å². The largest absolute Gasteiger partial charge is 0.372 e. The highest BCUT2D eigenvalue weighted by atomic mass is 16.2. The van der Waals surface area contributed by atoms with E-state index in [0.29, 0.717) is 17.1 Å². The molecule has 0 aliphatic rings. The van der Waals surface area contributed by atoms with Gasteiger partial charge in [0.05, 0.1) is 6.21 Å². The molecule has 0 fully saturated rings. The Labute approximate surface area is 162 Å². The van der Waals surface area contributed by atoms with Crippen LogP contribution in [0, 0.1) is 0 Å². The second-order valence-corrected chi connectivity index (χ2v) is 6.51. The van der Waals surface area contributed by atoms with Gasteiger partial charge < -0.3 is 9.47 Å². The van der Waals surface area contributed by atoms with E-state index in [1.807, 2.05) is 12.1 Å². The van der Waals surface area contributed by atoms with Gasteiger partial charge in [-0.1, -0.05) is 12.1 Å². The van der Waals surface area contributed by atoms with Crippen molar-refractivity contribution in [3.8, 4) is 0 Å². The number of hydrogen-bond acceptors (Lipinski definition) is 6. The lowest BCUT2D eigenvalue weighted by molar-refractivity contribution is 0.705. The highest BCUT2D eigenvalue weighted by Crippen LogP contribution is 2.15. The van der Waals surface area contributed by atoms with Gasteiger partial charge in [-0.05, 0) is 31.5 Å². The molecule has 3 rings (SSSR count). The number of hydrazone groups is 1. The summed E-state index contributed by atoms with van der Waals surface area (Å²) in [7, 11) is 4.74. The summed E-state index contributed by atoms with van der Waals surface area (Å²) in [6.07, 6.45) is 1.68. The summed E-state index contributed by atoms with van der Waals surface area (Å²) in [6, 6.07) is 8.10. The van der Waals surface area contributed by atoms with E-state index in [9.17, 15) is 9.59 Å². The summed E-state index contributed by atoms with van der Waals surface area (Å²) in [5.74, 6) is 0.379. The highest BCUT2D eigenvalue weighted by molar-refractivity contribution is 5.81. The molecule has 3 aromatic rings. The van der Waals surface area contributed by atoms with Crippen molar-refractivity contribution in [2.75, 3.05) is 23.4 Å². The average molecular weight is 383 g/mol. The summed E-state index contributed by atoms with van der Waals surface area (Å²) in [5.41, 5.74) is 4.80. The van der Waals surface area contributed by atoms with Gasteiger partial charge in [0.1, 0.15) is 0 Å². The van der Waals surface area contributed by atoms with Gasteiger partial charge in [-0.25, -0.2) is 10.2 Å². The number of nitrogens with zero attached hydrogens (tertiary/aromatic N) is 6. The van der Waals surface area contributed by atoms with Crippen molar-refractivity contribution >= 4 is 29.0 Å². The van der Waals surface area contributed by atoms with E-state index in [1.165, 1.54) is 17.3 Å². The number of rotatable bonds is 6. The molecule has 1 aromatic carbocycles. The predicted molar refractivity (Wildman–Crippen MR) is 112 cm³/mol. The first-order valence-electron chi connectivity index (χ1n) is 9.15. The number of fused-ring (bicyclic) bond motifs is 1. The van der Waals surface area contributed by atoms with E-state index in [0.717, 1.165) is 23.2 Å². The van der Waals surface area contributed by atoms with Gasteiger partial charge in [-0.3, -0.25) is 13.9 Å². The Balaban J connectivity index is 1.85. The lowest BCUT2D eigenvalue weighted by Gasteiger charge is -2.20. The minimum absolute atomic E-state index is 0.317. The summed E-state index contributed by atoms with van der Waals surface area (Å²) in [4.78, 5) is 31.1. The molecule has 28 heavy (non-hydrogen) atoms. The number of aromatic nitrogens is 4. The van der Waals surface area contributed by atoms with Crippen molar-refractivity contribution in [3.05, 3.63) is 50.7 Å². The maximum absolute atomic E-state index is 12.4. The van der Waals surface area contributed by atoms with Crippen LogP contribution in [0.2, 0.25) is 0 Å². The number of nitrogens with one attached hydrogen (secondary N) is 1. The van der Waals surface area contributed by atoms with E-state index in [4.69, 9.17) is 0 Å². The van der Waals surface area contributed by atoms with Crippen molar-refractivity contribution < 1.29 is 0 Å². The second-order valence-electron chi connectivity index (χ2n) is 6.51. The first-order chi connectivity index (χ1) is 13.4. The summed E-state index contributed by atoms with van der Waals surface area (Å²) in [6.45, 7) is 6.17. The second kappa shape index (κ2) is 7.71. The summed E-state index contributed by atoms with van der Waals surface area (Å²) >= 11 is 0. The number of imidazole rings is 1. The predicted octanol–water partition coefficient (Wildman–Crippen LogP) is 1.26. The molecule has 0 bridgehead atoms. The molecule has 0 amide bonds. The molecule has 0 aliphatic heterocycles. The van der Waals surface area contributed by atoms with Gasteiger partial charge in [0.25, 0.3) is 5.56 Å². The first kappa shape index (κ1) is 19.4. The number of anilines is 2. The standard InChI is InChI=1S/C19H25N7O2/c1-6-26(7-2)14-10-8-13(9-11-14)12-20-22-18-21-16-15(23(18)3)17(27)25(5)19(28)24(16)4/h8-12H,6-7H2,1-5H3,(H,21,22)/b20-12+. The van der Waals surface area contributed by atoms with Gasteiger partial charge in [0.15, 0.2) is 11.2 Å².